The first kappa shape index (κ1) is 24.1. The van der Waals surface area contributed by atoms with Crippen molar-refractivity contribution >= 4 is 27.2 Å². The number of hydrogen-bond donors (Lipinski definition) is 0. The van der Waals surface area contributed by atoms with Gasteiger partial charge in [-0.15, -0.1) is 11.3 Å². The summed E-state index contributed by atoms with van der Waals surface area (Å²) in [6.07, 6.45) is 1.01. The van der Waals surface area contributed by atoms with Crippen LogP contribution in [0.2, 0.25) is 0 Å². The van der Waals surface area contributed by atoms with Crippen molar-refractivity contribution in [2.45, 2.75) is 33.7 Å². The van der Waals surface area contributed by atoms with Crippen molar-refractivity contribution in [3.8, 4) is 21.6 Å². The van der Waals surface area contributed by atoms with E-state index in [0.29, 0.717) is 6.54 Å². The van der Waals surface area contributed by atoms with Crippen molar-refractivity contribution in [1.82, 2.24) is 4.57 Å². The van der Waals surface area contributed by atoms with Crippen molar-refractivity contribution in [1.29, 1.82) is 0 Å². The van der Waals surface area contributed by atoms with Crippen LogP contribution < -0.4 is 10.5 Å². The van der Waals surface area contributed by atoms with Crippen molar-refractivity contribution < 1.29 is 0 Å². The summed E-state index contributed by atoms with van der Waals surface area (Å²) in [6.45, 7) is 9.07. The molecule has 5 rings (SSSR count). The third kappa shape index (κ3) is 4.74. The molecule has 0 aliphatic rings. The number of pyridine rings is 1. The highest BCUT2D eigenvalue weighted by Gasteiger charge is 2.16. The molecule has 0 bridgehead atoms. The number of fused-ring (bicyclic) bond motifs is 1. The monoisotopic (exact) mass is 492 g/mol. The molecule has 0 amide bonds. The van der Waals surface area contributed by atoms with Gasteiger partial charge in [0.15, 0.2) is 0 Å². The Balaban J connectivity index is 1.63. The van der Waals surface area contributed by atoms with E-state index in [9.17, 15) is 4.79 Å². The molecule has 0 aliphatic heterocycles. The molecule has 0 aliphatic carbocycles. The van der Waals surface area contributed by atoms with Crippen LogP contribution in [0.3, 0.4) is 0 Å². The molecule has 0 saturated carbocycles. The van der Waals surface area contributed by atoms with E-state index in [1.54, 1.807) is 11.3 Å². The molecule has 0 radical (unpaired) electrons. The Hall–Kier alpha value is -3.63. The van der Waals surface area contributed by atoms with Gasteiger partial charge in [0.25, 0.3) is 5.56 Å². The van der Waals surface area contributed by atoms with Crippen LogP contribution >= 0.6 is 11.3 Å². The van der Waals surface area contributed by atoms with Crippen LogP contribution in [0.25, 0.3) is 31.8 Å². The zero-order valence-corrected chi connectivity index (χ0v) is 22.0. The molecule has 182 valence electrons. The number of aryl methyl sites for hydroxylation is 1. The van der Waals surface area contributed by atoms with Crippen molar-refractivity contribution in [3.63, 3.8) is 0 Å². The van der Waals surface area contributed by atoms with Crippen LogP contribution in [0, 0.1) is 0 Å². The average Bonchev–Trinajstić information content (AvgIpc) is 3.37. The molecule has 0 N–H and O–H groups in total. The summed E-state index contributed by atoms with van der Waals surface area (Å²) in [6, 6.07) is 31.6. The van der Waals surface area contributed by atoms with Gasteiger partial charge in [0.05, 0.1) is 16.8 Å². The molecule has 3 aromatic carbocycles. The fourth-order valence-corrected chi connectivity index (χ4v) is 5.99. The number of thiophene rings is 1. The average molecular weight is 493 g/mol. The smallest absolute Gasteiger partial charge is 0.252 e. The van der Waals surface area contributed by atoms with Crippen LogP contribution in [0.4, 0.5) is 5.69 Å². The lowest BCUT2D eigenvalue weighted by Gasteiger charge is -2.21. The zero-order valence-electron chi connectivity index (χ0n) is 21.2. The van der Waals surface area contributed by atoms with Crippen molar-refractivity contribution in [3.05, 3.63) is 112 Å². The summed E-state index contributed by atoms with van der Waals surface area (Å²) in [4.78, 5) is 17.0. The number of anilines is 1. The molecular formula is C32H32N2OS. The Labute approximate surface area is 217 Å². The standard InChI is InChI=1S/C32H32N2OS/c1-4-23-12-14-24(15-13-23)22-34-29-21-30(26-16-18-27(19-17-26)33(5-2)6-3)36-32(29)28(20-31(34)35)25-10-8-7-9-11-25/h7-21H,4-6,22H2,1-3H3. The van der Waals surface area contributed by atoms with E-state index < -0.39 is 0 Å². The van der Waals surface area contributed by atoms with Gasteiger partial charge < -0.3 is 9.47 Å². The fourth-order valence-electron chi connectivity index (χ4n) is 4.79. The third-order valence-electron chi connectivity index (χ3n) is 6.92. The number of aromatic nitrogens is 1. The molecule has 2 heterocycles. The van der Waals surface area contributed by atoms with E-state index >= 15 is 0 Å². The minimum absolute atomic E-state index is 0.0298. The van der Waals surface area contributed by atoms with E-state index in [4.69, 9.17) is 0 Å². The first-order valence-corrected chi connectivity index (χ1v) is 13.6. The van der Waals surface area contributed by atoms with Crippen LogP contribution in [0.1, 0.15) is 31.9 Å². The molecular weight excluding hydrogens is 460 g/mol. The summed E-state index contributed by atoms with van der Waals surface area (Å²) in [5.41, 5.74) is 7.96. The predicted octanol–water partition coefficient (Wildman–Crippen LogP) is 7.85. The Morgan fingerprint density at radius 2 is 1.42 bits per heavy atom. The van der Waals surface area contributed by atoms with E-state index in [1.165, 1.54) is 21.7 Å². The van der Waals surface area contributed by atoms with Gasteiger partial charge in [0.1, 0.15) is 0 Å². The predicted molar refractivity (Wildman–Crippen MR) is 155 cm³/mol. The second kappa shape index (κ2) is 10.5. The van der Waals surface area contributed by atoms with Gasteiger partial charge in [-0.3, -0.25) is 4.79 Å². The fraction of sp³-hybridized carbons (Fsp3) is 0.219. The van der Waals surface area contributed by atoms with Gasteiger partial charge in [0.2, 0.25) is 0 Å². The molecule has 4 heteroatoms. The van der Waals surface area contributed by atoms with Gasteiger partial charge in [-0.05, 0) is 60.7 Å². The number of nitrogens with zero attached hydrogens (tertiary/aromatic N) is 2. The second-order valence-electron chi connectivity index (χ2n) is 9.06. The lowest BCUT2D eigenvalue weighted by molar-refractivity contribution is 0.796. The number of hydrogen-bond acceptors (Lipinski definition) is 3. The Morgan fingerprint density at radius 1 is 0.750 bits per heavy atom. The van der Waals surface area contributed by atoms with Gasteiger partial charge in [0, 0.05) is 35.3 Å². The first-order valence-electron chi connectivity index (χ1n) is 12.8. The van der Waals surface area contributed by atoms with E-state index in [-0.39, 0.29) is 5.56 Å². The lowest BCUT2D eigenvalue weighted by Crippen LogP contribution is -2.21. The second-order valence-corrected chi connectivity index (χ2v) is 10.1. The number of benzene rings is 3. The molecule has 0 unspecified atom stereocenters. The van der Waals surface area contributed by atoms with Gasteiger partial charge >= 0.3 is 0 Å². The molecule has 0 atom stereocenters. The van der Waals surface area contributed by atoms with Crippen molar-refractivity contribution in [2.75, 3.05) is 18.0 Å². The van der Waals surface area contributed by atoms with Gasteiger partial charge in [-0.25, -0.2) is 0 Å². The SMILES string of the molecule is CCc1ccc(Cn2c(=O)cc(-c3ccccc3)c3sc(-c4ccc(N(CC)CC)cc4)cc32)cc1. The third-order valence-corrected chi connectivity index (χ3v) is 8.13. The molecule has 0 spiro atoms. The first-order chi connectivity index (χ1) is 17.6. The minimum Gasteiger partial charge on any atom is -0.372 e. The van der Waals surface area contributed by atoms with Gasteiger partial charge in [-0.1, -0.05) is 73.7 Å². The highest BCUT2D eigenvalue weighted by atomic mass is 32.1. The van der Waals surface area contributed by atoms with E-state index in [1.807, 2.05) is 28.8 Å². The van der Waals surface area contributed by atoms with Crippen LogP contribution in [0.5, 0.6) is 0 Å². The molecule has 0 saturated heterocycles. The summed E-state index contributed by atoms with van der Waals surface area (Å²) in [5.74, 6) is 0. The molecule has 3 nitrogen and oxygen atoms in total. The maximum absolute atomic E-state index is 13.4. The summed E-state index contributed by atoms with van der Waals surface area (Å²) in [5, 5.41) is 0. The highest BCUT2D eigenvalue weighted by molar-refractivity contribution is 7.22. The summed E-state index contributed by atoms with van der Waals surface area (Å²) < 4.78 is 3.07. The quantitative estimate of drug-likeness (QED) is 0.220. The topological polar surface area (TPSA) is 25.2 Å². The maximum atomic E-state index is 13.4. The lowest BCUT2D eigenvalue weighted by atomic mass is 10.1. The summed E-state index contributed by atoms with van der Waals surface area (Å²) in [7, 11) is 0. The zero-order chi connectivity index (χ0) is 25.1. The van der Waals surface area contributed by atoms with Crippen LogP contribution in [0.15, 0.2) is 95.8 Å². The minimum atomic E-state index is 0.0298. The maximum Gasteiger partial charge on any atom is 0.252 e. The summed E-state index contributed by atoms with van der Waals surface area (Å²) >= 11 is 1.76. The van der Waals surface area contributed by atoms with E-state index in [2.05, 4.69) is 92.4 Å². The van der Waals surface area contributed by atoms with E-state index in [0.717, 1.165) is 46.4 Å². The molecule has 2 aromatic heterocycles. The number of rotatable bonds is 8. The van der Waals surface area contributed by atoms with Crippen LogP contribution in [-0.2, 0) is 13.0 Å². The van der Waals surface area contributed by atoms with Crippen molar-refractivity contribution in [2.24, 2.45) is 0 Å². The van der Waals surface area contributed by atoms with Crippen LogP contribution in [-0.4, -0.2) is 17.7 Å². The molecule has 5 aromatic rings. The normalized spacial score (nSPS) is 11.2. The highest BCUT2D eigenvalue weighted by Crippen LogP contribution is 2.39. The molecule has 36 heavy (non-hydrogen) atoms. The Morgan fingerprint density at radius 3 is 2.06 bits per heavy atom. The van der Waals surface area contributed by atoms with Gasteiger partial charge in [-0.2, -0.15) is 0 Å². The molecule has 0 fully saturated rings. The Bertz CT molecular complexity index is 1510. The largest absolute Gasteiger partial charge is 0.372 e. The Kier molecular flexibility index (Phi) is 7.06.